The van der Waals surface area contributed by atoms with Gasteiger partial charge in [0.2, 0.25) is 0 Å². The zero-order valence-corrected chi connectivity index (χ0v) is 9.47. The van der Waals surface area contributed by atoms with Crippen LogP contribution < -0.4 is 5.32 Å². The molecule has 1 aliphatic carbocycles. The number of aliphatic hydroxyl groups is 1. The Kier molecular flexibility index (Phi) is 6.20. The van der Waals surface area contributed by atoms with Gasteiger partial charge in [0.1, 0.15) is 0 Å². The summed E-state index contributed by atoms with van der Waals surface area (Å²) in [5, 5.41) is 12.4. The minimum Gasteiger partial charge on any atom is -0.396 e. The summed E-state index contributed by atoms with van der Waals surface area (Å²) in [6, 6.07) is 0. The standard InChI is InChI=1S/C12H25NO/c1-11(10-14)5-4-8-13-9-12-6-2-3-7-12/h11-14H,2-10H2,1H3. The molecular formula is C12H25NO. The van der Waals surface area contributed by atoms with E-state index >= 15 is 0 Å². The van der Waals surface area contributed by atoms with Crippen molar-refractivity contribution >= 4 is 0 Å². The van der Waals surface area contributed by atoms with Crippen molar-refractivity contribution in [2.45, 2.75) is 45.4 Å². The second-order valence-electron chi connectivity index (χ2n) is 4.78. The zero-order chi connectivity index (χ0) is 10.2. The van der Waals surface area contributed by atoms with Gasteiger partial charge >= 0.3 is 0 Å². The van der Waals surface area contributed by atoms with E-state index < -0.39 is 0 Å². The average Bonchev–Trinajstić information content (AvgIpc) is 2.69. The van der Waals surface area contributed by atoms with E-state index in [9.17, 15) is 0 Å². The molecule has 2 nitrogen and oxygen atoms in total. The molecule has 2 heteroatoms. The first-order valence-electron chi connectivity index (χ1n) is 6.14. The first kappa shape index (κ1) is 12.0. The highest BCUT2D eigenvalue weighted by Crippen LogP contribution is 2.23. The molecule has 84 valence electrons. The van der Waals surface area contributed by atoms with E-state index in [-0.39, 0.29) is 0 Å². The molecule has 0 aromatic rings. The summed E-state index contributed by atoms with van der Waals surface area (Å²) in [5.41, 5.74) is 0. The zero-order valence-electron chi connectivity index (χ0n) is 9.47. The molecule has 0 aromatic heterocycles. The van der Waals surface area contributed by atoms with E-state index in [4.69, 9.17) is 5.11 Å². The van der Waals surface area contributed by atoms with Crippen LogP contribution in [0.4, 0.5) is 0 Å². The molecular weight excluding hydrogens is 174 g/mol. The van der Waals surface area contributed by atoms with E-state index in [1.165, 1.54) is 38.6 Å². The Morgan fingerprint density at radius 3 is 2.71 bits per heavy atom. The van der Waals surface area contributed by atoms with Crippen molar-refractivity contribution < 1.29 is 5.11 Å². The van der Waals surface area contributed by atoms with Crippen molar-refractivity contribution in [2.75, 3.05) is 19.7 Å². The molecule has 0 heterocycles. The molecule has 0 radical (unpaired) electrons. The van der Waals surface area contributed by atoms with Crippen molar-refractivity contribution in [3.8, 4) is 0 Å². The van der Waals surface area contributed by atoms with Gasteiger partial charge in [0.25, 0.3) is 0 Å². The van der Waals surface area contributed by atoms with Crippen molar-refractivity contribution in [1.82, 2.24) is 5.32 Å². The highest BCUT2D eigenvalue weighted by atomic mass is 16.3. The van der Waals surface area contributed by atoms with Gasteiger partial charge in [-0.3, -0.25) is 0 Å². The molecule has 0 amide bonds. The van der Waals surface area contributed by atoms with Crippen LogP contribution in [0.3, 0.4) is 0 Å². The maximum atomic E-state index is 8.84. The molecule has 1 aliphatic rings. The van der Waals surface area contributed by atoms with E-state index in [1.54, 1.807) is 0 Å². The minimum atomic E-state index is 0.336. The average molecular weight is 199 g/mol. The summed E-state index contributed by atoms with van der Waals surface area (Å²) < 4.78 is 0. The van der Waals surface area contributed by atoms with Gasteiger partial charge in [0.05, 0.1) is 0 Å². The van der Waals surface area contributed by atoms with E-state index in [2.05, 4.69) is 12.2 Å². The Morgan fingerprint density at radius 2 is 2.07 bits per heavy atom. The molecule has 0 spiro atoms. The van der Waals surface area contributed by atoms with Gasteiger partial charge < -0.3 is 10.4 Å². The van der Waals surface area contributed by atoms with Crippen LogP contribution in [0.15, 0.2) is 0 Å². The molecule has 0 aliphatic heterocycles. The molecule has 1 atom stereocenters. The monoisotopic (exact) mass is 199 g/mol. The smallest absolute Gasteiger partial charge is 0.0456 e. The summed E-state index contributed by atoms with van der Waals surface area (Å²) in [5.74, 6) is 1.42. The summed E-state index contributed by atoms with van der Waals surface area (Å²) in [6.07, 6.45) is 8.09. The van der Waals surface area contributed by atoms with Gasteiger partial charge in [-0.2, -0.15) is 0 Å². The lowest BCUT2D eigenvalue weighted by Gasteiger charge is -2.11. The lowest BCUT2D eigenvalue weighted by molar-refractivity contribution is 0.228. The fourth-order valence-electron chi connectivity index (χ4n) is 2.19. The number of hydrogen-bond acceptors (Lipinski definition) is 2. The third-order valence-corrected chi connectivity index (χ3v) is 3.27. The SMILES string of the molecule is CC(CO)CCCNCC1CCCC1. The van der Waals surface area contributed by atoms with Crippen molar-refractivity contribution in [3.05, 3.63) is 0 Å². The van der Waals surface area contributed by atoms with Crippen LogP contribution in [0.5, 0.6) is 0 Å². The second-order valence-corrected chi connectivity index (χ2v) is 4.78. The lowest BCUT2D eigenvalue weighted by atomic mass is 10.1. The van der Waals surface area contributed by atoms with Gasteiger partial charge in [-0.25, -0.2) is 0 Å². The highest BCUT2D eigenvalue weighted by molar-refractivity contribution is 4.69. The predicted octanol–water partition coefficient (Wildman–Crippen LogP) is 2.17. The first-order chi connectivity index (χ1) is 6.83. The van der Waals surface area contributed by atoms with Gasteiger partial charge in [-0.05, 0) is 50.6 Å². The van der Waals surface area contributed by atoms with Gasteiger partial charge in [-0.1, -0.05) is 19.8 Å². The summed E-state index contributed by atoms with van der Waals surface area (Å²) >= 11 is 0. The lowest BCUT2D eigenvalue weighted by Crippen LogP contribution is -2.22. The maximum absolute atomic E-state index is 8.84. The van der Waals surface area contributed by atoms with E-state index in [0.717, 1.165) is 18.9 Å². The van der Waals surface area contributed by atoms with Gasteiger partial charge in [0, 0.05) is 6.61 Å². The fraction of sp³-hybridized carbons (Fsp3) is 1.00. The van der Waals surface area contributed by atoms with Crippen LogP contribution in [-0.4, -0.2) is 24.8 Å². The molecule has 1 saturated carbocycles. The highest BCUT2D eigenvalue weighted by Gasteiger charge is 2.13. The third kappa shape index (κ3) is 4.97. The quantitative estimate of drug-likeness (QED) is 0.616. The number of aliphatic hydroxyl groups excluding tert-OH is 1. The molecule has 1 unspecified atom stereocenters. The molecule has 0 aromatic carbocycles. The fourth-order valence-corrected chi connectivity index (χ4v) is 2.19. The Hall–Kier alpha value is -0.0800. The molecule has 1 rings (SSSR count). The topological polar surface area (TPSA) is 32.3 Å². The number of nitrogens with one attached hydrogen (secondary N) is 1. The van der Waals surface area contributed by atoms with Crippen LogP contribution in [0.1, 0.15) is 45.4 Å². The normalized spacial score (nSPS) is 20.1. The largest absolute Gasteiger partial charge is 0.396 e. The Balaban J connectivity index is 1.84. The molecule has 0 saturated heterocycles. The van der Waals surface area contributed by atoms with Crippen molar-refractivity contribution in [1.29, 1.82) is 0 Å². The van der Waals surface area contributed by atoms with Crippen LogP contribution in [0.25, 0.3) is 0 Å². The minimum absolute atomic E-state index is 0.336. The van der Waals surface area contributed by atoms with E-state index in [0.29, 0.717) is 12.5 Å². The van der Waals surface area contributed by atoms with E-state index in [1.807, 2.05) is 0 Å². The summed E-state index contributed by atoms with van der Waals surface area (Å²) in [6.45, 7) is 4.79. The van der Waals surface area contributed by atoms with Gasteiger partial charge in [0.15, 0.2) is 0 Å². The maximum Gasteiger partial charge on any atom is 0.0456 e. The number of rotatable bonds is 7. The molecule has 1 fully saturated rings. The van der Waals surface area contributed by atoms with Crippen molar-refractivity contribution in [3.63, 3.8) is 0 Å². The van der Waals surface area contributed by atoms with Crippen molar-refractivity contribution in [2.24, 2.45) is 11.8 Å². The predicted molar refractivity (Wildman–Crippen MR) is 60.3 cm³/mol. The van der Waals surface area contributed by atoms with Crippen LogP contribution in [0, 0.1) is 11.8 Å². The number of hydrogen-bond donors (Lipinski definition) is 2. The van der Waals surface area contributed by atoms with Crippen LogP contribution in [-0.2, 0) is 0 Å². The third-order valence-electron chi connectivity index (χ3n) is 3.27. The van der Waals surface area contributed by atoms with Crippen LogP contribution >= 0.6 is 0 Å². The first-order valence-corrected chi connectivity index (χ1v) is 6.14. The summed E-state index contributed by atoms with van der Waals surface area (Å²) in [7, 11) is 0. The molecule has 0 bridgehead atoms. The van der Waals surface area contributed by atoms with Crippen LogP contribution in [0.2, 0.25) is 0 Å². The summed E-state index contributed by atoms with van der Waals surface area (Å²) in [4.78, 5) is 0. The Labute approximate surface area is 88.1 Å². The Bertz CT molecular complexity index is 132. The Morgan fingerprint density at radius 1 is 1.36 bits per heavy atom. The molecule has 2 N–H and O–H groups in total. The van der Waals surface area contributed by atoms with Gasteiger partial charge in [-0.15, -0.1) is 0 Å². The second kappa shape index (κ2) is 7.24. The molecule has 14 heavy (non-hydrogen) atoms.